The van der Waals surface area contributed by atoms with Crippen LogP contribution >= 0.6 is 0 Å². The van der Waals surface area contributed by atoms with Gasteiger partial charge in [-0.05, 0) is 18.9 Å². The fraction of sp³-hybridized carbons (Fsp3) is 0.500. The largest absolute Gasteiger partial charge is 0.420 e. The quantitative estimate of drug-likeness (QED) is 0.819. The summed E-state index contributed by atoms with van der Waals surface area (Å²) in [6.45, 7) is 1.26. The van der Waals surface area contributed by atoms with Crippen LogP contribution in [0.2, 0.25) is 0 Å². The minimum Gasteiger partial charge on any atom is -0.396 e. The van der Waals surface area contributed by atoms with Gasteiger partial charge in [-0.3, -0.25) is 4.18 Å². The average Bonchev–Trinajstić information content (AvgIpc) is 2.34. The van der Waals surface area contributed by atoms with Crippen LogP contribution in [0.25, 0.3) is 0 Å². The van der Waals surface area contributed by atoms with Crippen molar-refractivity contribution in [3.05, 3.63) is 35.4 Å². The summed E-state index contributed by atoms with van der Waals surface area (Å²) in [7, 11) is -4.36. The third kappa shape index (κ3) is 5.10. The van der Waals surface area contributed by atoms with Crippen molar-refractivity contribution in [3.8, 4) is 0 Å². The summed E-state index contributed by atoms with van der Waals surface area (Å²) >= 11 is 0. The molecule has 0 saturated carbocycles. The highest BCUT2D eigenvalue weighted by atomic mass is 32.2. The van der Waals surface area contributed by atoms with Gasteiger partial charge in [0, 0.05) is 6.61 Å². The maximum absolute atomic E-state index is 12.9. The van der Waals surface area contributed by atoms with Gasteiger partial charge in [0.05, 0.1) is 5.75 Å². The first-order valence-corrected chi connectivity index (χ1v) is 7.38. The molecule has 1 atom stereocenters. The number of aliphatic hydroxyl groups is 1. The molecular weight excluding hydrogens is 297 g/mol. The molecule has 114 valence electrons. The molecular formula is C12H15F3O4S. The number of aliphatic hydroxyl groups excluding tert-OH is 1. The summed E-state index contributed by atoms with van der Waals surface area (Å²) in [6, 6.07) is 5.24. The molecule has 4 nitrogen and oxygen atoms in total. The second-order valence-electron chi connectivity index (χ2n) is 4.27. The number of hydrogen-bond donors (Lipinski definition) is 1. The van der Waals surface area contributed by atoms with E-state index in [2.05, 4.69) is 4.18 Å². The molecule has 0 aliphatic heterocycles. The molecule has 1 N–H and O–H groups in total. The number of hydrogen-bond acceptors (Lipinski definition) is 4. The minimum atomic E-state index is -4.85. The molecule has 0 bridgehead atoms. The summed E-state index contributed by atoms with van der Waals surface area (Å²) in [5, 5.41) is 8.53. The van der Waals surface area contributed by atoms with Gasteiger partial charge >= 0.3 is 6.18 Å². The zero-order valence-corrected chi connectivity index (χ0v) is 11.5. The summed E-state index contributed by atoms with van der Waals surface area (Å²) in [6.07, 6.45) is -7.56. The van der Waals surface area contributed by atoms with Gasteiger partial charge < -0.3 is 5.11 Å². The Bertz CT molecular complexity index is 523. The van der Waals surface area contributed by atoms with Gasteiger partial charge in [-0.1, -0.05) is 29.8 Å². The van der Waals surface area contributed by atoms with Crippen molar-refractivity contribution >= 4 is 10.1 Å². The number of halogens is 3. The topological polar surface area (TPSA) is 63.6 Å². The van der Waals surface area contributed by atoms with Crippen LogP contribution in [0, 0.1) is 6.92 Å². The fourth-order valence-corrected chi connectivity index (χ4v) is 2.57. The van der Waals surface area contributed by atoms with E-state index in [0.717, 1.165) is 5.56 Å². The normalized spacial score (nSPS) is 14.2. The average molecular weight is 312 g/mol. The SMILES string of the molecule is Cc1ccc(C(OS(=O)(=O)CCCO)C(F)(F)F)cc1. The van der Waals surface area contributed by atoms with Crippen molar-refractivity contribution in [1.29, 1.82) is 0 Å². The van der Waals surface area contributed by atoms with E-state index in [9.17, 15) is 21.6 Å². The molecule has 0 aliphatic rings. The van der Waals surface area contributed by atoms with E-state index in [1.807, 2.05) is 0 Å². The molecule has 20 heavy (non-hydrogen) atoms. The van der Waals surface area contributed by atoms with Gasteiger partial charge in [-0.25, -0.2) is 0 Å². The zero-order chi connectivity index (χ0) is 15.4. The van der Waals surface area contributed by atoms with Gasteiger partial charge in [0.2, 0.25) is 0 Å². The summed E-state index contributed by atoms with van der Waals surface area (Å²) < 4.78 is 65.9. The first-order valence-electron chi connectivity index (χ1n) is 5.81. The highest BCUT2D eigenvalue weighted by Crippen LogP contribution is 2.37. The number of rotatable bonds is 6. The molecule has 0 fully saturated rings. The Labute approximate surface area is 115 Å². The lowest BCUT2D eigenvalue weighted by atomic mass is 10.1. The van der Waals surface area contributed by atoms with Gasteiger partial charge in [-0.15, -0.1) is 0 Å². The van der Waals surface area contributed by atoms with Crippen molar-refractivity contribution in [2.45, 2.75) is 25.6 Å². The van der Waals surface area contributed by atoms with Crippen molar-refractivity contribution in [2.75, 3.05) is 12.4 Å². The highest BCUT2D eigenvalue weighted by molar-refractivity contribution is 7.86. The van der Waals surface area contributed by atoms with Crippen molar-refractivity contribution in [1.82, 2.24) is 0 Å². The first kappa shape index (κ1) is 16.9. The van der Waals surface area contributed by atoms with E-state index in [0.29, 0.717) is 0 Å². The molecule has 0 saturated heterocycles. The summed E-state index contributed by atoms with van der Waals surface area (Å²) in [5.41, 5.74) is 0.466. The molecule has 0 heterocycles. The molecule has 8 heteroatoms. The third-order valence-corrected chi connectivity index (χ3v) is 3.75. The third-order valence-electron chi connectivity index (χ3n) is 2.47. The second kappa shape index (κ2) is 6.55. The smallest absolute Gasteiger partial charge is 0.396 e. The zero-order valence-electron chi connectivity index (χ0n) is 10.7. The fourth-order valence-electron chi connectivity index (χ4n) is 1.48. The van der Waals surface area contributed by atoms with E-state index in [4.69, 9.17) is 5.11 Å². The number of aryl methyl sites for hydroxylation is 1. The lowest BCUT2D eigenvalue weighted by Gasteiger charge is -2.20. The number of alkyl halides is 3. The lowest BCUT2D eigenvalue weighted by molar-refractivity contribution is -0.196. The van der Waals surface area contributed by atoms with Crippen molar-refractivity contribution in [3.63, 3.8) is 0 Å². The Hall–Kier alpha value is -1.12. The molecule has 1 rings (SSSR count). The van der Waals surface area contributed by atoms with E-state index in [1.165, 1.54) is 24.3 Å². The van der Waals surface area contributed by atoms with Crippen LogP contribution in [0.1, 0.15) is 23.7 Å². The Morgan fingerprint density at radius 2 is 1.80 bits per heavy atom. The van der Waals surface area contributed by atoms with Crippen LogP contribution in [0.4, 0.5) is 13.2 Å². The Kier molecular flexibility index (Phi) is 5.55. The Morgan fingerprint density at radius 1 is 1.25 bits per heavy atom. The van der Waals surface area contributed by atoms with Gasteiger partial charge in [0.15, 0.2) is 6.10 Å². The molecule has 0 aromatic heterocycles. The molecule has 1 aromatic rings. The van der Waals surface area contributed by atoms with E-state index < -0.39 is 34.8 Å². The molecule has 0 spiro atoms. The maximum atomic E-state index is 12.9. The van der Waals surface area contributed by atoms with Crippen LogP contribution in [0.3, 0.4) is 0 Å². The van der Waals surface area contributed by atoms with E-state index >= 15 is 0 Å². The molecule has 0 aliphatic carbocycles. The molecule has 1 aromatic carbocycles. The standard InChI is InChI=1S/C12H15F3O4S/c1-9-3-5-10(6-4-9)11(12(13,14)15)19-20(17,18)8-2-7-16/h3-6,11,16H,2,7-8H2,1H3. The van der Waals surface area contributed by atoms with Crippen LogP contribution < -0.4 is 0 Å². The Morgan fingerprint density at radius 3 is 2.25 bits per heavy atom. The predicted molar refractivity (Wildman–Crippen MR) is 66.5 cm³/mol. The highest BCUT2D eigenvalue weighted by Gasteiger charge is 2.44. The lowest BCUT2D eigenvalue weighted by Crippen LogP contribution is -2.27. The predicted octanol–water partition coefficient (Wildman–Crippen LogP) is 2.33. The van der Waals surface area contributed by atoms with Crippen molar-refractivity contribution in [2.24, 2.45) is 0 Å². The van der Waals surface area contributed by atoms with E-state index in [1.54, 1.807) is 6.92 Å². The molecule has 0 amide bonds. The van der Waals surface area contributed by atoms with Crippen LogP contribution in [-0.2, 0) is 14.3 Å². The van der Waals surface area contributed by atoms with Gasteiger partial charge in [0.25, 0.3) is 10.1 Å². The van der Waals surface area contributed by atoms with Crippen LogP contribution in [0.15, 0.2) is 24.3 Å². The minimum absolute atomic E-state index is 0.180. The second-order valence-corrected chi connectivity index (χ2v) is 5.98. The van der Waals surface area contributed by atoms with Crippen LogP contribution in [0.5, 0.6) is 0 Å². The maximum Gasteiger partial charge on any atom is 0.420 e. The van der Waals surface area contributed by atoms with Crippen molar-refractivity contribution < 1.29 is 30.9 Å². The Balaban J connectivity index is 3.00. The monoisotopic (exact) mass is 312 g/mol. The van der Waals surface area contributed by atoms with Gasteiger partial charge in [0.1, 0.15) is 0 Å². The van der Waals surface area contributed by atoms with Crippen LogP contribution in [-0.4, -0.2) is 32.1 Å². The summed E-state index contributed by atoms with van der Waals surface area (Å²) in [5.74, 6) is -0.665. The number of benzene rings is 1. The van der Waals surface area contributed by atoms with E-state index in [-0.39, 0.29) is 12.0 Å². The summed E-state index contributed by atoms with van der Waals surface area (Å²) in [4.78, 5) is 0. The first-order chi connectivity index (χ1) is 9.15. The van der Waals surface area contributed by atoms with Gasteiger partial charge in [-0.2, -0.15) is 21.6 Å². The molecule has 0 radical (unpaired) electrons. The molecule has 1 unspecified atom stereocenters.